The first kappa shape index (κ1) is 14.1. The molecule has 1 atom stereocenters. The Labute approximate surface area is 132 Å². The average molecular weight is 316 g/mol. The molecule has 0 N–H and O–H groups in total. The Morgan fingerprint density at radius 1 is 1.43 bits per heavy atom. The molecule has 3 nitrogen and oxygen atoms in total. The number of nitriles is 1. The highest BCUT2D eigenvalue weighted by Crippen LogP contribution is 2.26. The van der Waals surface area contributed by atoms with Crippen molar-refractivity contribution in [1.82, 2.24) is 9.55 Å². The summed E-state index contributed by atoms with van der Waals surface area (Å²) in [5.74, 6) is 0.858. The molecule has 3 aromatic rings. The van der Waals surface area contributed by atoms with Gasteiger partial charge in [-0.05, 0) is 53.9 Å². The fourth-order valence-electron chi connectivity index (χ4n) is 2.43. The Hall–Kier alpha value is -1.83. The lowest BCUT2D eigenvalue weighted by atomic mass is 10.2. The van der Waals surface area contributed by atoms with Crippen LogP contribution in [0.3, 0.4) is 0 Å². The molecule has 0 aliphatic rings. The first-order valence-corrected chi connectivity index (χ1v) is 8.12. The van der Waals surface area contributed by atoms with E-state index in [1.165, 1.54) is 5.56 Å². The molecule has 1 aromatic carbocycles. The number of imidazole rings is 1. The maximum atomic E-state index is 9.08. The summed E-state index contributed by atoms with van der Waals surface area (Å²) in [5, 5.41) is 13.2. The van der Waals surface area contributed by atoms with Gasteiger partial charge < -0.3 is 4.57 Å². The molecule has 5 heteroatoms. The van der Waals surface area contributed by atoms with E-state index in [4.69, 9.17) is 16.9 Å². The van der Waals surface area contributed by atoms with Crippen molar-refractivity contribution >= 4 is 34.0 Å². The average Bonchev–Trinajstić information content (AvgIpc) is 3.11. The van der Waals surface area contributed by atoms with Gasteiger partial charge in [-0.1, -0.05) is 0 Å². The number of thiophene rings is 1. The van der Waals surface area contributed by atoms with Crippen LogP contribution in [0, 0.1) is 11.3 Å². The fourth-order valence-corrected chi connectivity index (χ4v) is 3.30. The van der Waals surface area contributed by atoms with Crippen LogP contribution in [0.25, 0.3) is 11.0 Å². The number of benzene rings is 1. The van der Waals surface area contributed by atoms with Crippen molar-refractivity contribution in [3.05, 3.63) is 52.0 Å². The summed E-state index contributed by atoms with van der Waals surface area (Å²) in [6.45, 7) is 2.74. The second kappa shape index (κ2) is 5.88. The van der Waals surface area contributed by atoms with E-state index in [2.05, 4.69) is 32.4 Å². The summed E-state index contributed by atoms with van der Waals surface area (Å²) in [6, 6.07) is 9.88. The number of aryl methyl sites for hydroxylation is 2. The summed E-state index contributed by atoms with van der Waals surface area (Å²) in [4.78, 5) is 4.61. The molecular formula is C16H14ClN3S. The molecule has 0 aliphatic heterocycles. The van der Waals surface area contributed by atoms with E-state index in [1.54, 1.807) is 17.4 Å². The molecule has 0 bridgehead atoms. The van der Waals surface area contributed by atoms with Gasteiger partial charge in [0, 0.05) is 6.54 Å². The van der Waals surface area contributed by atoms with Crippen molar-refractivity contribution in [1.29, 1.82) is 5.26 Å². The molecule has 0 saturated heterocycles. The van der Waals surface area contributed by atoms with Gasteiger partial charge in [-0.3, -0.25) is 0 Å². The molecule has 106 valence electrons. The van der Waals surface area contributed by atoms with E-state index in [0.717, 1.165) is 29.8 Å². The van der Waals surface area contributed by atoms with Crippen molar-refractivity contribution in [3.63, 3.8) is 0 Å². The third-order valence-corrected chi connectivity index (χ3v) is 4.39. The number of fused-ring (bicyclic) bond motifs is 1. The van der Waals surface area contributed by atoms with Crippen molar-refractivity contribution in [2.75, 3.05) is 0 Å². The maximum Gasteiger partial charge on any atom is 0.127 e. The van der Waals surface area contributed by atoms with Gasteiger partial charge in [0.1, 0.15) is 5.82 Å². The van der Waals surface area contributed by atoms with Crippen LogP contribution < -0.4 is 0 Å². The van der Waals surface area contributed by atoms with Gasteiger partial charge in [-0.15, -0.1) is 11.6 Å². The van der Waals surface area contributed by atoms with Crippen LogP contribution in [0.5, 0.6) is 0 Å². The summed E-state index contributed by atoms with van der Waals surface area (Å²) >= 11 is 7.97. The highest BCUT2D eigenvalue weighted by atomic mass is 35.5. The van der Waals surface area contributed by atoms with E-state index in [1.807, 2.05) is 19.1 Å². The minimum atomic E-state index is -0.162. The fraction of sp³-hybridized carbons (Fsp3) is 0.250. The second-order valence-electron chi connectivity index (χ2n) is 4.93. The third-order valence-electron chi connectivity index (χ3n) is 3.47. The Balaban J connectivity index is 2.04. The molecule has 21 heavy (non-hydrogen) atoms. The lowest BCUT2D eigenvalue weighted by molar-refractivity contribution is 0.669. The van der Waals surface area contributed by atoms with Crippen LogP contribution in [0.15, 0.2) is 35.0 Å². The lowest BCUT2D eigenvalue weighted by Crippen LogP contribution is -2.06. The Bertz CT molecular complexity index is 797. The van der Waals surface area contributed by atoms with Crippen molar-refractivity contribution in [2.45, 2.75) is 25.3 Å². The van der Waals surface area contributed by atoms with Crippen molar-refractivity contribution in [3.8, 4) is 6.07 Å². The first-order chi connectivity index (χ1) is 10.2. The monoisotopic (exact) mass is 315 g/mol. The number of alkyl halides is 1. The maximum absolute atomic E-state index is 9.08. The molecule has 1 unspecified atom stereocenters. The first-order valence-electron chi connectivity index (χ1n) is 6.74. The number of halogens is 1. The highest BCUT2D eigenvalue weighted by molar-refractivity contribution is 7.07. The molecule has 2 heterocycles. The SMILES string of the molecule is CC(Cl)c1nc2ccc(C#N)cc2n1CCc1ccsc1. The van der Waals surface area contributed by atoms with Crippen LogP contribution >= 0.6 is 22.9 Å². The van der Waals surface area contributed by atoms with Crippen molar-refractivity contribution in [2.24, 2.45) is 0 Å². The van der Waals surface area contributed by atoms with Crippen LogP contribution in [0.1, 0.15) is 29.3 Å². The van der Waals surface area contributed by atoms with Gasteiger partial charge in [0.15, 0.2) is 0 Å². The predicted molar refractivity (Wildman–Crippen MR) is 86.7 cm³/mol. The van der Waals surface area contributed by atoms with E-state index < -0.39 is 0 Å². The van der Waals surface area contributed by atoms with E-state index in [9.17, 15) is 0 Å². The number of rotatable bonds is 4. The number of aromatic nitrogens is 2. The quantitative estimate of drug-likeness (QED) is 0.665. The molecule has 0 radical (unpaired) electrons. The van der Waals surface area contributed by atoms with Gasteiger partial charge in [0.05, 0.1) is 28.0 Å². The van der Waals surface area contributed by atoms with Gasteiger partial charge in [-0.2, -0.15) is 16.6 Å². The molecule has 3 rings (SSSR count). The smallest absolute Gasteiger partial charge is 0.127 e. The Morgan fingerprint density at radius 2 is 2.29 bits per heavy atom. The number of nitrogens with zero attached hydrogens (tertiary/aromatic N) is 3. The van der Waals surface area contributed by atoms with Crippen molar-refractivity contribution < 1.29 is 0 Å². The Morgan fingerprint density at radius 3 is 2.95 bits per heavy atom. The molecular weight excluding hydrogens is 302 g/mol. The van der Waals surface area contributed by atoms with Crippen LogP contribution in [-0.2, 0) is 13.0 Å². The van der Waals surface area contributed by atoms with Gasteiger partial charge in [0.2, 0.25) is 0 Å². The zero-order valence-corrected chi connectivity index (χ0v) is 13.2. The zero-order chi connectivity index (χ0) is 14.8. The van der Waals surface area contributed by atoms with Crippen LogP contribution in [0.2, 0.25) is 0 Å². The van der Waals surface area contributed by atoms with E-state index >= 15 is 0 Å². The summed E-state index contributed by atoms with van der Waals surface area (Å²) in [7, 11) is 0. The predicted octanol–water partition coefficient (Wildman–Crippen LogP) is 4.51. The largest absolute Gasteiger partial charge is 0.326 e. The van der Waals surface area contributed by atoms with Crippen LogP contribution in [0.4, 0.5) is 0 Å². The Kier molecular flexibility index (Phi) is 3.96. The second-order valence-corrected chi connectivity index (χ2v) is 6.37. The summed E-state index contributed by atoms with van der Waals surface area (Å²) in [6.07, 6.45) is 0.933. The molecule has 0 fully saturated rings. The van der Waals surface area contributed by atoms with Gasteiger partial charge in [0.25, 0.3) is 0 Å². The summed E-state index contributed by atoms with van der Waals surface area (Å²) < 4.78 is 2.13. The standard InChI is InChI=1S/C16H14ClN3S/c1-11(17)16-19-14-3-2-13(9-18)8-15(14)20(16)6-4-12-5-7-21-10-12/h2-3,5,7-8,10-11H,4,6H2,1H3. The van der Waals surface area contributed by atoms with E-state index in [-0.39, 0.29) is 5.38 Å². The van der Waals surface area contributed by atoms with Gasteiger partial charge >= 0.3 is 0 Å². The van der Waals surface area contributed by atoms with Gasteiger partial charge in [-0.25, -0.2) is 4.98 Å². The highest BCUT2D eigenvalue weighted by Gasteiger charge is 2.15. The number of hydrogen-bond donors (Lipinski definition) is 0. The molecule has 2 aromatic heterocycles. The minimum Gasteiger partial charge on any atom is -0.326 e. The third kappa shape index (κ3) is 2.80. The topological polar surface area (TPSA) is 41.6 Å². The molecule has 0 spiro atoms. The summed E-state index contributed by atoms with van der Waals surface area (Å²) in [5.41, 5.74) is 3.83. The number of hydrogen-bond acceptors (Lipinski definition) is 3. The lowest BCUT2D eigenvalue weighted by Gasteiger charge is -2.10. The molecule has 0 saturated carbocycles. The van der Waals surface area contributed by atoms with E-state index in [0.29, 0.717) is 5.56 Å². The molecule has 0 aliphatic carbocycles. The normalized spacial score (nSPS) is 12.4. The minimum absolute atomic E-state index is 0.162. The van der Waals surface area contributed by atoms with Crippen LogP contribution in [-0.4, -0.2) is 9.55 Å². The molecule has 0 amide bonds. The zero-order valence-electron chi connectivity index (χ0n) is 11.6.